The molecule has 1 N–H and O–H groups in total. The number of hydrogen-bond donors (Lipinski definition) is 1. The maximum Gasteiger partial charge on any atom is 0.0545 e. The number of benzene rings is 6. The van der Waals surface area contributed by atoms with Crippen LogP contribution in [0.1, 0.15) is 0 Å². The van der Waals surface area contributed by atoms with Gasteiger partial charge in [-0.3, -0.25) is 0 Å². The Labute approximate surface area is 204 Å². The Kier molecular flexibility index (Phi) is 4.53. The van der Waals surface area contributed by atoms with Crippen LogP contribution >= 0.6 is 0 Å². The fourth-order valence-corrected chi connectivity index (χ4v) is 5.28. The number of nitrogens with one attached hydrogen (secondary N) is 1. The summed E-state index contributed by atoms with van der Waals surface area (Å²) in [6.07, 6.45) is 0. The summed E-state index contributed by atoms with van der Waals surface area (Å²) in [5, 5.41) is 5.03. The van der Waals surface area contributed by atoms with Crippen LogP contribution < -0.4 is 0 Å². The topological polar surface area (TPSA) is 15.8 Å². The van der Waals surface area contributed by atoms with Crippen LogP contribution in [0, 0.1) is 0 Å². The summed E-state index contributed by atoms with van der Waals surface area (Å²) in [5.41, 5.74) is 9.74. The summed E-state index contributed by atoms with van der Waals surface area (Å²) < 4.78 is 0. The molecule has 7 rings (SSSR count). The molecule has 0 bridgehead atoms. The molecule has 0 aliphatic heterocycles. The molecule has 0 unspecified atom stereocenters. The molecule has 0 fully saturated rings. The van der Waals surface area contributed by atoms with Crippen molar-refractivity contribution in [2.75, 3.05) is 0 Å². The molecule has 164 valence electrons. The van der Waals surface area contributed by atoms with Crippen molar-refractivity contribution in [1.29, 1.82) is 0 Å². The van der Waals surface area contributed by atoms with E-state index in [2.05, 4.69) is 138 Å². The highest BCUT2D eigenvalue weighted by molar-refractivity contribution is 6.16. The maximum absolute atomic E-state index is 3.77. The molecule has 0 aliphatic carbocycles. The lowest BCUT2D eigenvalue weighted by Crippen LogP contribution is -1.86. The first-order valence-corrected chi connectivity index (χ1v) is 12.0. The van der Waals surface area contributed by atoms with Crippen molar-refractivity contribution in [2.24, 2.45) is 0 Å². The molecule has 6 aromatic carbocycles. The van der Waals surface area contributed by atoms with Crippen LogP contribution in [0.3, 0.4) is 0 Å². The van der Waals surface area contributed by atoms with E-state index in [0.29, 0.717) is 0 Å². The molecule has 0 saturated heterocycles. The van der Waals surface area contributed by atoms with Gasteiger partial charge in [0, 0.05) is 21.9 Å². The van der Waals surface area contributed by atoms with Crippen LogP contribution in [0.4, 0.5) is 0 Å². The number of fused-ring (bicyclic) bond motifs is 4. The van der Waals surface area contributed by atoms with Gasteiger partial charge < -0.3 is 4.98 Å². The van der Waals surface area contributed by atoms with Crippen LogP contribution in [0.5, 0.6) is 0 Å². The number of H-pyrrole nitrogens is 1. The zero-order valence-electron chi connectivity index (χ0n) is 19.2. The first kappa shape index (κ1) is 19.8. The van der Waals surface area contributed by atoms with Crippen LogP contribution in [0.15, 0.2) is 133 Å². The Morgan fingerprint density at radius 3 is 1.83 bits per heavy atom. The number of hydrogen-bond acceptors (Lipinski definition) is 0. The highest BCUT2D eigenvalue weighted by Gasteiger charge is 2.15. The molecule has 0 aliphatic rings. The Morgan fingerprint density at radius 2 is 1.03 bits per heavy atom. The van der Waals surface area contributed by atoms with E-state index < -0.39 is 0 Å². The zero-order chi connectivity index (χ0) is 23.2. The van der Waals surface area contributed by atoms with Gasteiger partial charge in [-0.2, -0.15) is 0 Å². The molecule has 0 atom stereocenters. The largest absolute Gasteiger partial charge is 0.354 e. The lowest BCUT2D eigenvalue weighted by atomic mass is 9.92. The van der Waals surface area contributed by atoms with Gasteiger partial charge in [-0.1, -0.05) is 109 Å². The first-order chi connectivity index (χ1) is 17.3. The standard InChI is InChI=1S/C34H23N/c1-3-10-23(11-4-1)26-18-19-33-30(20-26)32-22-27(24-12-5-2-6-13-24)21-31(34(32)35-33)29-17-9-15-25-14-7-8-16-28(25)29/h1-22,35H. The first-order valence-electron chi connectivity index (χ1n) is 12.0. The third kappa shape index (κ3) is 3.33. The zero-order valence-corrected chi connectivity index (χ0v) is 19.2. The molecule has 1 aromatic heterocycles. The summed E-state index contributed by atoms with van der Waals surface area (Å²) in [6, 6.07) is 48.0. The maximum atomic E-state index is 3.77. The van der Waals surface area contributed by atoms with Gasteiger partial charge in [-0.25, -0.2) is 0 Å². The smallest absolute Gasteiger partial charge is 0.0545 e. The third-order valence-electron chi connectivity index (χ3n) is 7.00. The third-order valence-corrected chi connectivity index (χ3v) is 7.00. The van der Waals surface area contributed by atoms with Gasteiger partial charge in [0.25, 0.3) is 0 Å². The predicted molar refractivity (Wildman–Crippen MR) is 150 cm³/mol. The SMILES string of the molecule is c1ccc(-c2ccc3[nH]c4c(-c5cccc6ccccc56)cc(-c5ccccc5)cc4c3c2)cc1. The van der Waals surface area contributed by atoms with Gasteiger partial charge >= 0.3 is 0 Å². The molecular formula is C34H23N. The Morgan fingerprint density at radius 1 is 0.371 bits per heavy atom. The fourth-order valence-electron chi connectivity index (χ4n) is 5.28. The second kappa shape index (κ2) is 8.00. The van der Waals surface area contributed by atoms with E-state index >= 15 is 0 Å². The molecule has 35 heavy (non-hydrogen) atoms. The van der Waals surface area contributed by atoms with Crippen molar-refractivity contribution in [3.63, 3.8) is 0 Å². The summed E-state index contributed by atoms with van der Waals surface area (Å²) in [6.45, 7) is 0. The van der Waals surface area contributed by atoms with Crippen LogP contribution in [-0.2, 0) is 0 Å². The summed E-state index contributed by atoms with van der Waals surface area (Å²) in [4.78, 5) is 3.77. The van der Waals surface area contributed by atoms with E-state index in [1.54, 1.807) is 0 Å². The van der Waals surface area contributed by atoms with Crippen molar-refractivity contribution < 1.29 is 0 Å². The molecule has 0 amide bonds. The molecule has 0 radical (unpaired) electrons. The second-order valence-electron chi connectivity index (χ2n) is 9.09. The Balaban J connectivity index is 1.57. The molecule has 0 saturated carbocycles. The van der Waals surface area contributed by atoms with Gasteiger partial charge in [0.15, 0.2) is 0 Å². The van der Waals surface area contributed by atoms with Crippen molar-refractivity contribution >= 4 is 32.6 Å². The van der Waals surface area contributed by atoms with E-state index in [0.717, 1.165) is 5.52 Å². The van der Waals surface area contributed by atoms with Gasteiger partial charge in [-0.05, 0) is 62.9 Å². The number of aromatic amines is 1. The summed E-state index contributed by atoms with van der Waals surface area (Å²) >= 11 is 0. The lowest BCUT2D eigenvalue weighted by molar-refractivity contribution is 1.53. The minimum Gasteiger partial charge on any atom is -0.354 e. The van der Waals surface area contributed by atoms with Crippen LogP contribution in [-0.4, -0.2) is 4.98 Å². The summed E-state index contributed by atoms with van der Waals surface area (Å²) in [5.74, 6) is 0. The molecule has 0 spiro atoms. The van der Waals surface area contributed by atoms with Gasteiger partial charge in [0.2, 0.25) is 0 Å². The minimum absolute atomic E-state index is 1.16. The van der Waals surface area contributed by atoms with Crippen molar-refractivity contribution in [2.45, 2.75) is 0 Å². The number of aromatic nitrogens is 1. The van der Waals surface area contributed by atoms with Crippen molar-refractivity contribution in [3.05, 3.63) is 133 Å². The van der Waals surface area contributed by atoms with E-state index in [-0.39, 0.29) is 0 Å². The van der Waals surface area contributed by atoms with Gasteiger partial charge in [0.05, 0.1) is 5.52 Å². The minimum atomic E-state index is 1.16. The molecule has 1 nitrogen and oxygen atoms in total. The Hall–Kier alpha value is -4.62. The van der Waals surface area contributed by atoms with Crippen molar-refractivity contribution in [1.82, 2.24) is 4.98 Å². The predicted octanol–water partition coefficient (Wildman–Crippen LogP) is 9.48. The van der Waals surface area contributed by atoms with E-state index in [4.69, 9.17) is 0 Å². The Bertz CT molecular complexity index is 1820. The molecule has 1 heteroatoms. The average Bonchev–Trinajstić information content (AvgIpc) is 3.31. The molecule has 1 heterocycles. The lowest BCUT2D eigenvalue weighted by Gasteiger charge is -2.11. The van der Waals surface area contributed by atoms with E-state index in [1.807, 2.05) is 0 Å². The van der Waals surface area contributed by atoms with Crippen LogP contribution in [0.25, 0.3) is 66.0 Å². The highest BCUT2D eigenvalue weighted by Crippen LogP contribution is 2.40. The normalized spacial score (nSPS) is 11.4. The average molecular weight is 446 g/mol. The van der Waals surface area contributed by atoms with E-state index in [9.17, 15) is 0 Å². The molecular weight excluding hydrogens is 422 g/mol. The second-order valence-corrected chi connectivity index (χ2v) is 9.09. The fraction of sp³-hybridized carbons (Fsp3) is 0. The quantitative estimate of drug-likeness (QED) is 0.279. The van der Waals surface area contributed by atoms with Gasteiger partial charge in [0.1, 0.15) is 0 Å². The van der Waals surface area contributed by atoms with Gasteiger partial charge in [-0.15, -0.1) is 0 Å². The van der Waals surface area contributed by atoms with E-state index in [1.165, 1.54) is 60.4 Å². The monoisotopic (exact) mass is 445 g/mol. The van der Waals surface area contributed by atoms with Crippen molar-refractivity contribution in [3.8, 4) is 33.4 Å². The summed E-state index contributed by atoms with van der Waals surface area (Å²) in [7, 11) is 0. The number of rotatable bonds is 3. The van der Waals surface area contributed by atoms with Crippen LogP contribution in [0.2, 0.25) is 0 Å². The molecule has 7 aromatic rings. The highest BCUT2D eigenvalue weighted by atomic mass is 14.7.